The molecule has 0 aromatic heterocycles. The highest BCUT2D eigenvalue weighted by Gasteiger charge is 2.14. The molecule has 5 heteroatoms. The Balaban J connectivity index is 1.75. The molecule has 1 aliphatic rings. The van der Waals surface area contributed by atoms with Crippen LogP contribution in [-0.2, 0) is 9.47 Å². The fourth-order valence-electron chi connectivity index (χ4n) is 1.91. The minimum Gasteiger partial charge on any atom is -0.488 e. The van der Waals surface area contributed by atoms with Crippen LogP contribution in [-0.4, -0.2) is 26.1 Å². The third-order valence-corrected chi connectivity index (χ3v) is 4.00. The minimum atomic E-state index is -0.367. The summed E-state index contributed by atoms with van der Waals surface area (Å²) < 4.78 is 30.6. The van der Waals surface area contributed by atoms with Gasteiger partial charge in [-0.25, -0.2) is 4.39 Å². The van der Waals surface area contributed by atoms with Crippen LogP contribution < -0.4 is 4.74 Å². The third kappa shape index (κ3) is 4.16. The molecule has 1 aromatic rings. The van der Waals surface area contributed by atoms with Gasteiger partial charge in [0.2, 0.25) is 0 Å². The van der Waals surface area contributed by atoms with Crippen molar-refractivity contribution in [1.29, 1.82) is 0 Å². The van der Waals surface area contributed by atoms with Crippen LogP contribution in [0.5, 0.6) is 5.75 Å². The fourth-order valence-corrected chi connectivity index (χ4v) is 2.24. The molecule has 0 saturated carbocycles. The fraction of sp³-hybridized carbons (Fsp3) is 0.571. The van der Waals surface area contributed by atoms with Crippen LogP contribution in [0.4, 0.5) is 4.39 Å². The van der Waals surface area contributed by atoms with E-state index in [4.69, 9.17) is 14.2 Å². The lowest BCUT2D eigenvalue weighted by molar-refractivity contribution is -0.165. The highest BCUT2D eigenvalue weighted by Crippen LogP contribution is 2.28. The van der Waals surface area contributed by atoms with Gasteiger partial charge in [0.15, 0.2) is 17.9 Å². The van der Waals surface area contributed by atoms with Crippen LogP contribution in [0.2, 0.25) is 0 Å². The molecule has 106 valence electrons. The van der Waals surface area contributed by atoms with Crippen molar-refractivity contribution in [3.8, 4) is 5.75 Å². The van der Waals surface area contributed by atoms with Gasteiger partial charge < -0.3 is 14.2 Å². The maximum atomic E-state index is 13.8. The molecule has 1 aliphatic heterocycles. The van der Waals surface area contributed by atoms with Crippen molar-refractivity contribution >= 4 is 15.9 Å². The molecule has 2 rings (SSSR count). The zero-order valence-electron chi connectivity index (χ0n) is 11.0. The maximum Gasteiger partial charge on any atom is 0.179 e. The molecule has 3 nitrogen and oxygen atoms in total. The summed E-state index contributed by atoms with van der Waals surface area (Å²) in [6.45, 7) is 3.30. The van der Waals surface area contributed by atoms with Crippen LogP contribution in [0.25, 0.3) is 0 Å². The molecule has 1 saturated heterocycles. The summed E-state index contributed by atoms with van der Waals surface area (Å²) in [5.74, 6) is -0.125. The average Bonchev–Trinajstić information content (AvgIpc) is 2.44. The number of ether oxygens (including phenoxy) is 3. The van der Waals surface area contributed by atoms with E-state index in [0.717, 1.165) is 31.4 Å². The van der Waals surface area contributed by atoms with E-state index in [-0.39, 0.29) is 17.9 Å². The number of aryl methyl sites for hydroxylation is 1. The van der Waals surface area contributed by atoms with Gasteiger partial charge in [-0.2, -0.15) is 0 Å². The molecule has 1 unspecified atom stereocenters. The summed E-state index contributed by atoms with van der Waals surface area (Å²) >= 11 is 3.20. The number of rotatable bonds is 5. The predicted molar refractivity (Wildman–Crippen MR) is 73.9 cm³/mol. The molecular formula is C14H18BrFO3. The second kappa shape index (κ2) is 7.22. The summed E-state index contributed by atoms with van der Waals surface area (Å²) in [7, 11) is 0. The van der Waals surface area contributed by atoms with Gasteiger partial charge in [0, 0.05) is 6.61 Å². The summed E-state index contributed by atoms with van der Waals surface area (Å²) in [6.07, 6.45) is 3.01. The molecule has 0 aliphatic carbocycles. The van der Waals surface area contributed by atoms with Gasteiger partial charge >= 0.3 is 0 Å². The van der Waals surface area contributed by atoms with E-state index in [1.807, 2.05) is 13.0 Å². The van der Waals surface area contributed by atoms with E-state index >= 15 is 0 Å². The van der Waals surface area contributed by atoms with E-state index in [1.165, 1.54) is 0 Å². The first-order valence-electron chi connectivity index (χ1n) is 6.49. The van der Waals surface area contributed by atoms with E-state index in [9.17, 15) is 4.39 Å². The average molecular weight is 333 g/mol. The number of halogens is 2. The Labute approximate surface area is 121 Å². The second-order valence-electron chi connectivity index (χ2n) is 4.52. The Hall–Kier alpha value is -0.650. The lowest BCUT2D eigenvalue weighted by atomic mass is 10.2. The SMILES string of the molecule is Cc1ccc(OCCOC2CCCCO2)c(F)c1Br. The monoisotopic (exact) mass is 332 g/mol. The van der Waals surface area contributed by atoms with Crippen LogP contribution >= 0.6 is 15.9 Å². The quantitative estimate of drug-likeness (QED) is 0.767. The Morgan fingerprint density at radius 3 is 2.95 bits per heavy atom. The van der Waals surface area contributed by atoms with Gasteiger partial charge in [0.25, 0.3) is 0 Å². The first-order valence-corrected chi connectivity index (χ1v) is 7.28. The summed E-state index contributed by atoms with van der Waals surface area (Å²) in [5, 5.41) is 0. The number of benzene rings is 1. The van der Waals surface area contributed by atoms with Gasteiger partial charge in [-0.05, 0) is 53.7 Å². The second-order valence-corrected chi connectivity index (χ2v) is 5.32. The normalized spacial score (nSPS) is 19.4. The van der Waals surface area contributed by atoms with Gasteiger partial charge in [-0.1, -0.05) is 6.07 Å². The zero-order valence-corrected chi connectivity index (χ0v) is 12.5. The standard InChI is InChI=1S/C14H18BrFO3/c1-10-5-6-11(14(16)13(10)15)17-8-9-19-12-4-2-3-7-18-12/h5-6,12H,2-4,7-9H2,1H3. The van der Waals surface area contributed by atoms with Crippen LogP contribution in [0.1, 0.15) is 24.8 Å². The van der Waals surface area contributed by atoms with Gasteiger partial charge in [0.1, 0.15) is 6.61 Å². The zero-order chi connectivity index (χ0) is 13.7. The molecule has 1 heterocycles. The number of hydrogen-bond acceptors (Lipinski definition) is 3. The Kier molecular flexibility index (Phi) is 5.60. The van der Waals surface area contributed by atoms with E-state index in [0.29, 0.717) is 17.7 Å². The molecule has 19 heavy (non-hydrogen) atoms. The molecule has 0 amide bonds. The topological polar surface area (TPSA) is 27.7 Å². The van der Waals surface area contributed by atoms with Crippen molar-refractivity contribution in [2.75, 3.05) is 19.8 Å². The minimum absolute atomic E-state index is 0.132. The molecule has 0 spiro atoms. The molecule has 0 bridgehead atoms. The van der Waals surface area contributed by atoms with Crippen LogP contribution in [0.15, 0.2) is 16.6 Å². The first kappa shape index (κ1) is 14.8. The summed E-state index contributed by atoms with van der Waals surface area (Å²) in [4.78, 5) is 0. The molecule has 1 aromatic carbocycles. The lowest BCUT2D eigenvalue weighted by Crippen LogP contribution is -2.24. The highest BCUT2D eigenvalue weighted by atomic mass is 79.9. The lowest BCUT2D eigenvalue weighted by Gasteiger charge is -2.22. The van der Waals surface area contributed by atoms with E-state index in [2.05, 4.69) is 15.9 Å². The Morgan fingerprint density at radius 2 is 2.21 bits per heavy atom. The maximum absolute atomic E-state index is 13.8. The van der Waals surface area contributed by atoms with Crippen molar-refractivity contribution in [2.45, 2.75) is 32.5 Å². The largest absolute Gasteiger partial charge is 0.488 e. The number of hydrogen-bond donors (Lipinski definition) is 0. The van der Waals surface area contributed by atoms with Gasteiger partial charge in [0.05, 0.1) is 11.1 Å². The summed E-state index contributed by atoms with van der Waals surface area (Å²) in [6, 6.07) is 3.44. The molecule has 1 atom stereocenters. The van der Waals surface area contributed by atoms with Crippen molar-refractivity contribution in [1.82, 2.24) is 0 Å². The van der Waals surface area contributed by atoms with Crippen molar-refractivity contribution < 1.29 is 18.6 Å². The predicted octanol–water partition coefficient (Wildman–Crippen LogP) is 3.82. The Bertz CT molecular complexity index is 419. The van der Waals surface area contributed by atoms with Crippen molar-refractivity contribution in [2.24, 2.45) is 0 Å². The van der Waals surface area contributed by atoms with Gasteiger partial charge in [-0.15, -0.1) is 0 Å². The smallest absolute Gasteiger partial charge is 0.179 e. The van der Waals surface area contributed by atoms with E-state index < -0.39 is 0 Å². The van der Waals surface area contributed by atoms with Crippen LogP contribution in [0.3, 0.4) is 0 Å². The van der Waals surface area contributed by atoms with Gasteiger partial charge in [-0.3, -0.25) is 0 Å². The first-order chi connectivity index (χ1) is 9.18. The molecule has 0 radical (unpaired) electrons. The third-order valence-electron chi connectivity index (χ3n) is 3.02. The van der Waals surface area contributed by atoms with Crippen LogP contribution in [0, 0.1) is 12.7 Å². The Morgan fingerprint density at radius 1 is 1.37 bits per heavy atom. The summed E-state index contributed by atoms with van der Waals surface area (Å²) in [5.41, 5.74) is 0.844. The van der Waals surface area contributed by atoms with Crippen molar-refractivity contribution in [3.05, 3.63) is 28.0 Å². The highest BCUT2D eigenvalue weighted by molar-refractivity contribution is 9.10. The molecule has 0 N–H and O–H groups in total. The van der Waals surface area contributed by atoms with E-state index in [1.54, 1.807) is 6.07 Å². The van der Waals surface area contributed by atoms with Crippen molar-refractivity contribution in [3.63, 3.8) is 0 Å². The molecular weight excluding hydrogens is 315 g/mol. The molecule has 1 fully saturated rings.